The summed E-state index contributed by atoms with van der Waals surface area (Å²) in [5.41, 5.74) is 0.0897. The molecule has 4 aliphatic carbocycles. The fourth-order valence-corrected chi connectivity index (χ4v) is 6.46. The van der Waals surface area contributed by atoms with Gasteiger partial charge in [-0.25, -0.2) is 0 Å². The number of nitrogens with zero attached hydrogens (tertiary/aromatic N) is 2. The molecule has 0 saturated heterocycles. The van der Waals surface area contributed by atoms with Crippen LogP contribution in [-0.2, 0) is 19.1 Å². The standard InChI is InChI=1S/C22H38N2O4.2ClH/c1-23(2)5-7-27-19(25)14-21-10-17-9-18(11-21)13-22(12-17,16-21)15-20(26)28-8-6-24(3)4;;/h17-18H,5-16H2,1-4H3;2*1H/p-2. The third-order valence-electron chi connectivity index (χ3n) is 6.95. The topological polar surface area (TPSA) is 59.1 Å². The van der Waals surface area contributed by atoms with Crippen LogP contribution in [0, 0.1) is 22.7 Å². The van der Waals surface area contributed by atoms with Crippen molar-refractivity contribution < 1.29 is 43.9 Å². The van der Waals surface area contributed by atoms with Crippen LogP contribution in [0.15, 0.2) is 0 Å². The van der Waals surface area contributed by atoms with Gasteiger partial charge in [0.25, 0.3) is 0 Å². The van der Waals surface area contributed by atoms with Gasteiger partial charge in [-0.15, -0.1) is 0 Å². The van der Waals surface area contributed by atoms with Crippen LogP contribution in [0.2, 0.25) is 0 Å². The van der Waals surface area contributed by atoms with Gasteiger partial charge in [0.05, 0.1) is 12.8 Å². The van der Waals surface area contributed by atoms with E-state index in [-0.39, 0.29) is 47.6 Å². The molecule has 30 heavy (non-hydrogen) atoms. The Bertz CT molecular complexity index is 525. The number of carbonyl (C=O) groups is 2. The van der Waals surface area contributed by atoms with E-state index in [1.807, 2.05) is 38.0 Å². The monoisotopic (exact) mass is 464 g/mol. The largest absolute Gasteiger partial charge is 1.00 e. The molecule has 4 aliphatic rings. The van der Waals surface area contributed by atoms with Crippen molar-refractivity contribution >= 4 is 11.9 Å². The number of halogens is 2. The Morgan fingerprint density at radius 3 is 1.47 bits per heavy atom. The molecule has 0 radical (unpaired) electrons. The first-order chi connectivity index (χ1) is 13.2. The molecule has 0 spiro atoms. The molecule has 0 heterocycles. The van der Waals surface area contributed by atoms with E-state index in [2.05, 4.69) is 0 Å². The fourth-order valence-electron chi connectivity index (χ4n) is 6.46. The van der Waals surface area contributed by atoms with Crippen molar-refractivity contribution in [2.24, 2.45) is 22.7 Å². The summed E-state index contributed by atoms with van der Waals surface area (Å²) in [6.45, 7) is 2.43. The van der Waals surface area contributed by atoms with E-state index in [4.69, 9.17) is 9.47 Å². The Balaban J connectivity index is 0.00000225. The van der Waals surface area contributed by atoms with Gasteiger partial charge in [-0.05, 0) is 89.4 Å². The van der Waals surface area contributed by atoms with Gasteiger partial charge in [-0.1, -0.05) is 0 Å². The lowest BCUT2D eigenvalue weighted by Gasteiger charge is -2.62. The molecule has 0 aromatic rings. The molecule has 0 aliphatic heterocycles. The zero-order chi connectivity index (χ0) is 20.4. The number of ether oxygens (including phenoxy) is 2. The highest BCUT2D eigenvalue weighted by molar-refractivity contribution is 5.71. The average molecular weight is 465 g/mol. The van der Waals surface area contributed by atoms with Crippen LogP contribution in [0.4, 0.5) is 0 Å². The van der Waals surface area contributed by atoms with Crippen molar-refractivity contribution in [3.05, 3.63) is 0 Å². The lowest BCUT2D eigenvalue weighted by atomic mass is 9.43. The van der Waals surface area contributed by atoms with Gasteiger partial charge in [0.1, 0.15) is 13.2 Å². The quantitative estimate of drug-likeness (QED) is 0.313. The Kier molecular flexibility index (Phi) is 10.4. The summed E-state index contributed by atoms with van der Waals surface area (Å²) in [5.74, 6) is 1.19. The number of hydrogen-bond acceptors (Lipinski definition) is 6. The summed E-state index contributed by atoms with van der Waals surface area (Å²) < 4.78 is 11.0. The molecular formula is C22H38Cl2N2O4-2. The van der Waals surface area contributed by atoms with E-state index >= 15 is 0 Å². The Labute approximate surface area is 194 Å². The zero-order valence-corrected chi connectivity index (χ0v) is 20.4. The zero-order valence-electron chi connectivity index (χ0n) is 18.9. The van der Waals surface area contributed by atoms with Crippen LogP contribution in [-0.4, -0.2) is 76.2 Å². The maximum Gasteiger partial charge on any atom is 0.306 e. The lowest BCUT2D eigenvalue weighted by molar-refractivity contribution is -0.165. The van der Waals surface area contributed by atoms with Crippen molar-refractivity contribution in [3.8, 4) is 0 Å². The normalized spacial score (nSPS) is 31.3. The van der Waals surface area contributed by atoms with Crippen molar-refractivity contribution in [2.45, 2.75) is 51.4 Å². The predicted molar refractivity (Wildman–Crippen MR) is 108 cm³/mol. The molecule has 0 aromatic carbocycles. The van der Waals surface area contributed by atoms with Gasteiger partial charge in [-0.2, -0.15) is 0 Å². The first-order valence-electron chi connectivity index (χ1n) is 10.8. The van der Waals surface area contributed by atoms with Gasteiger partial charge in [0, 0.05) is 13.1 Å². The highest BCUT2D eigenvalue weighted by Crippen LogP contribution is 2.67. The minimum absolute atomic E-state index is 0. The molecule has 0 N–H and O–H groups in total. The first kappa shape index (κ1) is 27.5. The third kappa shape index (κ3) is 7.25. The predicted octanol–water partition coefficient (Wildman–Crippen LogP) is -3.43. The Hall–Kier alpha value is -0.560. The molecule has 0 unspecified atom stereocenters. The van der Waals surface area contributed by atoms with Gasteiger partial charge in [0.2, 0.25) is 0 Å². The second kappa shape index (κ2) is 11.3. The smallest absolute Gasteiger partial charge is 0.306 e. The Morgan fingerprint density at radius 1 is 0.767 bits per heavy atom. The van der Waals surface area contributed by atoms with Crippen molar-refractivity contribution in [1.29, 1.82) is 0 Å². The van der Waals surface area contributed by atoms with Crippen LogP contribution >= 0.6 is 0 Å². The molecule has 8 heteroatoms. The third-order valence-corrected chi connectivity index (χ3v) is 6.95. The van der Waals surface area contributed by atoms with Gasteiger partial charge >= 0.3 is 11.9 Å². The summed E-state index contributed by atoms with van der Waals surface area (Å²) in [7, 11) is 7.92. The summed E-state index contributed by atoms with van der Waals surface area (Å²) >= 11 is 0. The van der Waals surface area contributed by atoms with Crippen LogP contribution < -0.4 is 24.8 Å². The molecule has 6 nitrogen and oxygen atoms in total. The van der Waals surface area contributed by atoms with Crippen LogP contribution in [0.1, 0.15) is 51.4 Å². The molecule has 176 valence electrons. The van der Waals surface area contributed by atoms with E-state index in [0.717, 1.165) is 45.2 Å². The lowest BCUT2D eigenvalue weighted by Crippen LogP contribution is -3.00. The van der Waals surface area contributed by atoms with E-state index in [9.17, 15) is 9.59 Å². The highest BCUT2D eigenvalue weighted by Gasteiger charge is 2.58. The summed E-state index contributed by atoms with van der Waals surface area (Å²) in [6, 6.07) is 0. The average Bonchev–Trinajstić information content (AvgIpc) is 2.51. The Morgan fingerprint density at radius 2 is 1.13 bits per heavy atom. The van der Waals surface area contributed by atoms with Crippen molar-refractivity contribution in [1.82, 2.24) is 9.80 Å². The molecule has 0 amide bonds. The summed E-state index contributed by atoms with van der Waals surface area (Å²) in [5, 5.41) is 0. The number of esters is 2. The number of carbonyl (C=O) groups excluding carboxylic acids is 2. The first-order valence-corrected chi connectivity index (χ1v) is 10.8. The van der Waals surface area contributed by atoms with Gasteiger partial charge < -0.3 is 44.1 Å². The number of likely N-dealkylation sites (N-methyl/N-ethyl adjacent to an activating group) is 2. The van der Waals surface area contributed by atoms with E-state index in [0.29, 0.717) is 37.9 Å². The molecule has 4 rings (SSSR count). The minimum atomic E-state index is -0.0625. The van der Waals surface area contributed by atoms with Crippen LogP contribution in [0.5, 0.6) is 0 Å². The van der Waals surface area contributed by atoms with Crippen molar-refractivity contribution in [2.75, 3.05) is 54.5 Å². The maximum absolute atomic E-state index is 12.5. The molecule has 4 saturated carbocycles. The molecule has 4 fully saturated rings. The minimum Gasteiger partial charge on any atom is -1.00 e. The molecule has 0 aromatic heterocycles. The maximum atomic E-state index is 12.5. The molecule has 0 atom stereocenters. The van der Waals surface area contributed by atoms with E-state index < -0.39 is 0 Å². The fraction of sp³-hybridized carbons (Fsp3) is 0.909. The van der Waals surface area contributed by atoms with Crippen LogP contribution in [0.3, 0.4) is 0 Å². The molecular weight excluding hydrogens is 427 g/mol. The number of hydrogen-bond donors (Lipinski definition) is 0. The highest BCUT2D eigenvalue weighted by atomic mass is 35.5. The molecule has 4 bridgehead atoms. The van der Waals surface area contributed by atoms with Crippen LogP contribution in [0.25, 0.3) is 0 Å². The summed E-state index contributed by atoms with van der Waals surface area (Å²) in [4.78, 5) is 29.1. The van der Waals surface area contributed by atoms with Gasteiger partial charge in [-0.3, -0.25) is 9.59 Å². The van der Waals surface area contributed by atoms with E-state index in [1.165, 1.54) is 6.42 Å². The number of rotatable bonds is 10. The van der Waals surface area contributed by atoms with Gasteiger partial charge in [0.15, 0.2) is 0 Å². The van der Waals surface area contributed by atoms with Crippen molar-refractivity contribution in [3.63, 3.8) is 0 Å². The SMILES string of the molecule is CN(C)CCOC(=O)CC12CC3CC(C1)CC(CC(=O)OCCN(C)C)(C3)C2.[Cl-].[Cl-]. The second-order valence-electron chi connectivity index (χ2n) is 10.4. The summed E-state index contributed by atoms with van der Waals surface area (Å²) in [6.07, 6.45) is 7.81. The van der Waals surface area contributed by atoms with E-state index in [1.54, 1.807) is 0 Å². The second-order valence-corrected chi connectivity index (χ2v) is 10.4.